The average Bonchev–Trinajstić information content (AvgIpc) is 2.03. The van der Waals surface area contributed by atoms with E-state index in [4.69, 9.17) is 4.74 Å². The summed E-state index contributed by atoms with van der Waals surface area (Å²) in [4.78, 5) is 8.04. The number of aryl methyl sites for hydroxylation is 1. The minimum absolute atomic E-state index is 0.0212. The zero-order valence-electron chi connectivity index (χ0n) is 6.96. The van der Waals surface area contributed by atoms with Crippen LogP contribution in [0.5, 0.6) is 0 Å². The first-order valence-corrected chi connectivity index (χ1v) is 3.48. The van der Waals surface area contributed by atoms with E-state index in [1.54, 1.807) is 13.2 Å². The van der Waals surface area contributed by atoms with Crippen LogP contribution in [0.2, 0.25) is 0 Å². The minimum atomic E-state index is 0.0212. The Labute approximate surface area is 66.4 Å². The first kappa shape index (κ1) is 8.14. The van der Waals surface area contributed by atoms with Gasteiger partial charge in [-0.1, -0.05) is 0 Å². The normalized spacial score (nSPS) is 13.0. The highest BCUT2D eigenvalue weighted by molar-refractivity contribution is 5.03. The number of nitrogens with zero attached hydrogens (tertiary/aromatic N) is 2. The maximum Gasteiger partial charge on any atom is 0.126 e. The fourth-order valence-electron chi connectivity index (χ4n) is 0.765. The Morgan fingerprint density at radius 2 is 2.36 bits per heavy atom. The topological polar surface area (TPSA) is 35.0 Å². The number of hydrogen-bond donors (Lipinski definition) is 0. The lowest BCUT2D eigenvalue weighted by Gasteiger charge is -2.07. The Balaban J connectivity index is 2.86. The van der Waals surface area contributed by atoms with Crippen molar-refractivity contribution < 1.29 is 4.74 Å². The molecule has 0 saturated heterocycles. The Kier molecular flexibility index (Phi) is 2.54. The molecule has 1 rings (SSSR count). The summed E-state index contributed by atoms with van der Waals surface area (Å²) in [7, 11) is 1.65. The van der Waals surface area contributed by atoms with Gasteiger partial charge in [-0.05, 0) is 19.9 Å². The van der Waals surface area contributed by atoms with E-state index in [9.17, 15) is 0 Å². The van der Waals surface area contributed by atoms with Gasteiger partial charge in [0.2, 0.25) is 0 Å². The van der Waals surface area contributed by atoms with E-state index in [1.807, 2.05) is 13.8 Å². The second-order valence-electron chi connectivity index (χ2n) is 2.35. The highest BCUT2D eigenvalue weighted by atomic mass is 16.5. The maximum absolute atomic E-state index is 5.08. The van der Waals surface area contributed by atoms with Crippen molar-refractivity contribution >= 4 is 0 Å². The lowest BCUT2D eigenvalue weighted by Crippen LogP contribution is -2.01. The molecule has 0 aliphatic heterocycles. The van der Waals surface area contributed by atoms with Crippen LogP contribution >= 0.6 is 0 Å². The van der Waals surface area contributed by atoms with E-state index in [1.165, 1.54) is 0 Å². The first-order valence-electron chi connectivity index (χ1n) is 3.48. The summed E-state index contributed by atoms with van der Waals surface area (Å²) < 4.78 is 5.08. The molecule has 1 aromatic heterocycles. The Hall–Kier alpha value is -0.960. The fourth-order valence-corrected chi connectivity index (χ4v) is 0.765. The monoisotopic (exact) mass is 151 g/mol. The predicted molar refractivity (Wildman–Crippen MR) is 41.0 cm³/mol. The molecule has 11 heavy (non-hydrogen) atoms. The Morgan fingerprint density at radius 1 is 1.64 bits per heavy atom. The molecular formula is C8H11N2O. The van der Waals surface area contributed by atoms with Crippen molar-refractivity contribution in [3.63, 3.8) is 0 Å². The van der Waals surface area contributed by atoms with E-state index >= 15 is 0 Å². The summed E-state index contributed by atoms with van der Waals surface area (Å²) in [5, 5.41) is 0. The highest BCUT2D eigenvalue weighted by Gasteiger charge is 2.04. The largest absolute Gasteiger partial charge is 0.375 e. The average molecular weight is 151 g/mol. The van der Waals surface area contributed by atoms with Gasteiger partial charge in [0.15, 0.2) is 0 Å². The van der Waals surface area contributed by atoms with E-state index in [0.29, 0.717) is 0 Å². The summed E-state index contributed by atoms with van der Waals surface area (Å²) in [5.41, 5.74) is 0.875. The smallest absolute Gasteiger partial charge is 0.126 e. The second-order valence-corrected chi connectivity index (χ2v) is 2.35. The molecule has 3 heteroatoms. The first-order chi connectivity index (χ1) is 5.24. The second kappa shape index (κ2) is 3.44. The molecular weight excluding hydrogens is 140 g/mol. The molecule has 0 saturated carbocycles. The predicted octanol–water partition coefficient (Wildman–Crippen LogP) is 1.29. The molecule has 1 atom stereocenters. The molecule has 1 aromatic rings. The molecule has 0 aliphatic rings. The SMILES string of the molecule is COC(C)c1c[c]nc(C)n1. The van der Waals surface area contributed by atoms with Gasteiger partial charge < -0.3 is 4.74 Å². The number of rotatable bonds is 2. The number of ether oxygens (including phenoxy) is 1. The van der Waals surface area contributed by atoms with Gasteiger partial charge in [-0.25, -0.2) is 9.97 Å². The molecule has 0 fully saturated rings. The molecule has 1 unspecified atom stereocenters. The van der Waals surface area contributed by atoms with E-state index in [0.717, 1.165) is 11.5 Å². The summed E-state index contributed by atoms with van der Waals surface area (Å²) in [6, 6.07) is 1.74. The lowest BCUT2D eigenvalue weighted by molar-refractivity contribution is 0.115. The molecule has 3 nitrogen and oxygen atoms in total. The molecule has 0 aromatic carbocycles. The van der Waals surface area contributed by atoms with Crippen molar-refractivity contribution in [2.45, 2.75) is 20.0 Å². The highest BCUT2D eigenvalue weighted by Crippen LogP contribution is 2.10. The van der Waals surface area contributed by atoms with Gasteiger partial charge in [-0.15, -0.1) is 0 Å². The van der Waals surface area contributed by atoms with Crippen LogP contribution < -0.4 is 0 Å². The third kappa shape index (κ3) is 1.98. The third-order valence-electron chi connectivity index (χ3n) is 1.50. The van der Waals surface area contributed by atoms with Crippen molar-refractivity contribution in [1.29, 1.82) is 0 Å². The summed E-state index contributed by atoms with van der Waals surface area (Å²) >= 11 is 0. The third-order valence-corrected chi connectivity index (χ3v) is 1.50. The van der Waals surface area contributed by atoms with Gasteiger partial charge in [-0.2, -0.15) is 0 Å². The van der Waals surface area contributed by atoms with Crippen molar-refractivity contribution in [2.75, 3.05) is 7.11 Å². The van der Waals surface area contributed by atoms with Crippen molar-refractivity contribution in [2.24, 2.45) is 0 Å². The quantitative estimate of drug-likeness (QED) is 0.639. The van der Waals surface area contributed by atoms with E-state index < -0.39 is 0 Å². The maximum atomic E-state index is 5.08. The van der Waals surface area contributed by atoms with Gasteiger partial charge in [0.25, 0.3) is 0 Å². The molecule has 0 spiro atoms. The molecule has 1 heterocycles. The van der Waals surface area contributed by atoms with Crippen molar-refractivity contribution in [1.82, 2.24) is 9.97 Å². The standard InChI is InChI=1S/C8H11N2O/c1-6(11-3)8-4-5-9-7(2)10-8/h4,6H,1-3H3. The molecule has 0 N–H and O–H groups in total. The Morgan fingerprint density at radius 3 is 2.91 bits per heavy atom. The number of hydrogen-bond acceptors (Lipinski definition) is 3. The van der Waals surface area contributed by atoms with Crippen LogP contribution in [0.1, 0.15) is 24.5 Å². The van der Waals surface area contributed by atoms with E-state index in [2.05, 4.69) is 16.2 Å². The molecule has 59 valence electrons. The number of methoxy groups -OCH3 is 1. The lowest BCUT2D eigenvalue weighted by atomic mass is 10.3. The molecule has 0 amide bonds. The van der Waals surface area contributed by atoms with Crippen LogP contribution in [-0.2, 0) is 4.74 Å². The number of aromatic nitrogens is 2. The van der Waals surface area contributed by atoms with Gasteiger partial charge in [0.1, 0.15) is 5.82 Å². The van der Waals surface area contributed by atoms with Gasteiger partial charge >= 0.3 is 0 Å². The minimum Gasteiger partial charge on any atom is -0.375 e. The summed E-state index contributed by atoms with van der Waals surface area (Å²) in [5.74, 6) is 0.728. The Bertz CT molecular complexity index is 237. The van der Waals surface area contributed by atoms with Gasteiger partial charge in [0.05, 0.1) is 18.0 Å². The van der Waals surface area contributed by atoms with Crippen LogP contribution in [0.3, 0.4) is 0 Å². The van der Waals surface area contributed by atoms with Gasteiger partial charge in [0, 0.05) is 7.11 Å². The van der Waals surface area contributed by atoms with Crippen LogP contribution in [0.15, 0.2) is 6.07 Å². The van der Waals surface area contributed by atoms with Crippen LogP contribution in [0, 0.1) is 13.1 Å². The summed E-state index contributed by atoms with van der Waals surface area (Å²) in [6.07, 6.45) is 2.77. The zero-order valence-corrected chi connectivity index (χ0v) is 6.96. The van der Waals surface area contributed by atoms with Crippen molar-refractivity contribution in [3.05, 3.63) is 23.8 Å². The van der Waals surface area contributed by atoms with Crippen molar-refractivity contribution in [3.8, 4) is 0 Å². The fraction of sp³-hybridized carbons (Fsp3) is 0.500. The van der Waals surface area contributed by atoms with Crippen LogP contribution in [-0.4, -0.2) is 17.1 Å². The van der Waals surface area contributed by atoms with E-state index in [-0.39, 0.29) is 6.10 Å². The summed E-state index contributed by atoms with van der Waals surface area (Å²) in [6.45, 7) is 3.78. The van der Waals surface area contributed by atoms with Crippen LogP contribution in [0.25, 0.3) is 0 Å². The molecule has 0 aliphatic carbocycles. The molecule has 1 radical (unpaired) electrons. The zero-order chi connectivity index (χ0) is 8.27. The van der Waals surface area contributed by atoms with Gasteiger partial charge in [-0.3, -0.25) is 0 Å². The molecule has 0 bridgehead atoms. The van der Waals surface area contributed by atoms with Crippen LogP contribution in [0.4, 0.5) is 0 Å².